The zero-order chi connectivity index (χ0) is 22.6. The quantitative estimate of drug-likeness (QED) is 0.401. The van der Waals surface area contributed by atoms with Crippen LogP contribution >= 0.6 is 11.3 Å². The number of nitro groups is 1. The van der Waals surface area contributed by atoms with Gasteiger partial charge in [-0.1, -0.05) is 30.3 Å². The number of hydrogen-bond donors (Lipinski definition) is 1. The molecule has 0 saturated heterocycles. The predicted octanol–water partition coefficient (Wildman–Crippen LogP) is 4.22. The minimum absolute atomic E-state index is 0.0224. The summed E-state index contributed by atoms with van der Waals surface area (Å²) in [5.41, 5.74) is 1.78. The smallest absolute Gasteiger partial charge is 0.271 e. The largest absolute Gasteiger partial charge is 0.339 e. The normalized spacial score (nSPS) is 12.2. The summed E-state index contributed by atoms with van der Waals surface area (Å²) in [4.78, 5) is 24.7. The molecule has 0 saturated carbocycles. The summed E-state index contributed by atoms with van der Waals surface area (Å²) in [6, 6.07) is 15.7. The van der Waals surface area contributed by atoms with Gasteiger partial charge in [0, 0.05) is 24.9 Å². The van der Waals surface area contributed by atoms with Crippen LogP contribution in [0.4, 0.5) is 11.4 Å². The van der Waals surface area contributed by atoms with Crippen molar-refractivity contribution in [3.05, 3.63) is 87.3 Å². The van der Waals surface area contributed by atoms with Crippen molar-refractivity contribution in [2.45, 2.75) is 23.6 Å². The molecule has 0 aliphatic carbocycles. The number of anilines is 1. The van der Waals surface area contributed by atoms with E-state index in [2.05, 4.69) is 4.72 Å². The zero-order valence-electron chi connectivity index (χ0n) is 16.9. The van der Waals surface area contributed by atoms with E-state index in [-0.39, 0.29) is 28.3 Å². The molecular formula is C21H21N3O5S2. The summed E-state index contributed by atoms with van der Waals surface area (Å²) in [7, 11) is -1.98. The van der Waals surface area contributed by atoms with Crippen molar-refractivity contribution in [2.75, 3.05) is 11.8 Å². The van der Waals surface area contributed by atoms with Crippen LogP contribution in [0.15, 0.2) is 70.3 Å². The van der Waals surface area contributed by atoms with E-state index in [0.29, 0.717) is 11.3 Å². The van der Waals surface area contributed by atoms with Crippen molar-refractivity contribution in [3.8, 4) is 0 Å². The molecule has 1 unspecified atom stereocenters. The number of carbonyl (C=O) groups excluding carboxylic acids is 1. The van der Waals surface area contributed by atoms with Gasteiger partial charge in [0.05, 0.1) is 17.4 Å². The Labute approximate surface area is 184 Å². The van der Waals surface area contributed by atoms with Gasteiger partial charge in [-0.05, 0) is 41.6 Å². The molecule has 0 spiro atoms. The van der Waals surface area contributed by atoms with Crippen LogP contribution in [0.25, 0.3) is 0 Å². The van der Waals surface area contributed by atoms with Crippen LogP contribution in [0.1, 0.15) is 24.1 Å². The van der Waals surface area contributed by atoms with Crippen LogP contribution in [-0.2, 0) is 21.2 Å². The molecule has 8 nitrogen and oxygen atoms in total. The summed E-state index contributed by atoms with van der Waals surface area (Å²) in [6.45, 7) is 1.80. The van der Waals surface area contributed by atoms with Crippen LogP contribution in [0.2, 0.25) is 0 Å². The van der Waals surface area contributed by atoms with Gasteiger partial charge in [0.15, 0.2) is 0 Å². The third-order valence-corrected chi connectivity index (χ3v) is 7.64. The third-order valence-electron chi connectivity index (χ3n) is 4.86. The minimum atomic E-state index is -3.63. The molecule has 3 aromatic rings. The number of non-ortho nitro benzene ring substituents is 1. The first-order valence-electron chi connectivity index (χ1n) is 9.32. The number of likely N-dealkylation sites (N-methyl/N-ethyl adjacent to an activating group) is 1. The van der Waals surface area contributed by atoms with Gasteiger partial charge < -0.3 is 4.90 Å². The Hall–Kier alpha value is -3.24. The highest BCUT2D eigenvalue weighted by Gasteiger charge is 2.20. The Morgan fingerprint density at radius 3 is 2.48 bits per heavy atom. The molecule has 31 heavy (non-hydrogen) atoms. The Morgan fingerprint density at radius 1 is 1.16 bits per heavy atom. The maximum Gasteiger partial charge on any atom is 0.271 e. The van der Waals surface area contributed by atoms with Crippen LogP contribution in [0, 0.1) is 10.1 Å². The molecule has 1 atom stereocenters. The van der Waals surface area contributed by atoms with Crippen molar-refractivity contribution < 1.29 is 18.1 Å². The van der Waals surface area contributed by atoms with Crippen LogP contribution in [0.3, 0.4) is 0 Å². The Bertz CT molecular complexity index is 1180. The Morgan fingerprint density at radius 2 is 1.87 bits per heavy atom. The van der Waals surface area contributed by atoms with Gasteiger partial charge in [-0.15, -0.1) is 11.3 Å². The summed E-state index contributed by atoms with van der Waals surface area (Å²) in [5, 5.41) is 12.7. The lowest BCUT2D eigenvalue weighted by molar-refractivity contribution is -0.384. The van der Waals surface area contributed by atoms with Gasteiger partial charge in [0.2, 0.25) is 5.91 Å². The van der Waals surface area contributed by atoms with Crippen molar-refractivity contribution in [2.24, 2.45) is 0 Å². The average Bonchev–Trinajstić information content (AvgIpc) is 3.30. The third kappa shape index (κ3) is 5.47. The number of hydrogen-bond acceptors (Lipinski definition) is 6. The molecule has 162 valence electrons. The number of carbonyl (C=O) groups is 1. The summed E-state index contributed by atoms with van der Waals surface area (Å²) in [6.07, 6.45) is 0.119. The van der Waals surface area contributed by atoms with E-state index in [1.54, 1.807) is 61.8 Å². The molecule has 3 rings (SSSR count). The fourth-order valence-electron chi connectivity index (χ4n) is 2.95. The lowest BCUT2D eigenvalue weighted by atomic mass is 10.1. The van der Waals surface area contributed by atoms with Gasteiger partial charge in [-0.25, -0.2) is 8.42 Å². The van der Waals surface area contributed by atoms with E-state index in [1.165, 1.54) is 23.1 Å². The second kappa shape index (κ2) is 9.27. The topological polar surface area (TPSA) is 110 Å². The highest BCUT2D eigenvalue weighted by Crippen LogP contribution is 2.24. The first-order valence-corrected chi connectivity index (χ1v) is 11.7. The van der Waals surface area contributed by atoms with Crippen LogP contribution in [-0.4, -0.2) is 31.2 Å². The Kier molecular flexibility index (Phi) is 6.71. The fourth-order valence-corrected chi connectivity index (χ4v) is 5.00. The molecule has 0 fully saturated rings. The van der Waals surface area contributed by atoms with Gasteiger partial charge in [0.1, 0.15) is 4.21 Å². The number of nitrogens with one attached hydrogen (secondary N) is 1. The Balaban J connectivity index is 1.65. The average molecular weight is 460 g/mol. The van der Waals surface area contributed by atoms with E-state index in [9.17, 15) is 23.3 Å². The zero-order valence-corrected chi connectivity index (χ0v) is 18.5. The molecule has 0 bridgehead atoms. The molecule has 0 aliphatic rings. The van der Waals surface area contributed by atoms with Crippen molar-refractivity contribution in [3.63, 3.8) is 0 Å². The standard InChI is InChI=1S/C21H21N3O5S2/c1-15(17-5-3-6-19(14-17)24(26)27)23(2)20(25)13-16-8-10-18(11-9-16)22-31(28,29)21-7-4-12-30-21/h3-12,14-15,22H,13H2,1-2H3. The first-order chi connectivity index (χ1) is 14.7. The van der Waals surface area contributed by atoms with Gasteiger partial charge in [0.25, 0.3) is 15.7 Å². The summed E-state index contributed by atoms with van der Waals surface area (Å²) >= 11 is 1.13. The molecule has 0 radical (unpaired) electrons. The molecule has 2 aromatic carbocycles. The number of nitro benzene ring substituents is 1. The van der Waals surface area contributed by atoms with Crippen molar-refractivity contribution in [1.82, 2.24) is 4.90 Å². The molecular weight excluding hydrogens is 438 g/mol. The lowest BCUT2D eigenvalue weighted by Crippen LogP contribution is -2.31. The fraction of sp³-hybridized carbons (Fsp3) is 0.190. The van der Waals surface area contributed by atoms with E-state index in [1.807, 2.05) is 0 Å². The molecule has 10 heteroatoms. The number of amides is 1. The maximum absolute atomic E-state index is 12.7. The van der Waals surface area contributed by atoms with Crippen molar-refractivity contribution in [1.29, 1.82) is 0 Å². The van der Waals surface area contributed by atoms with E-state index in [0.717, 1.165) is 16.9 Å². The molecule has 1 N–H and O–H groups in total. The molecule has 0 aliphatic heterocycles. The SMILES string of the molecule is CC(c1cccc([N+](=O)[O-])c1)N(C)C(=O)Cc1ccc(NS(=O)(=O)c2cccs2)cc1. The maximum atomic E-state index is 12.7. The molecule has 1 heterocycles. The van der Waals surface area contributed by atoms with Crippen molar-refractivity contribution >= 4 is 38.6 Å². The van der Waals surface area contributed by atoms with E-state index >= 15 is 0 Å². The first kappa shape index (κ1) is 22.4. The molecule has 1 amide bonds. The number of benzene rings is 2. The summed E-state index contributed by atoms with van der Waals surface area (Å²) < 4.78 is 27.3. The monoisotopic (exact) mass is 459 g/mol. The second-order valence-electron chi connectivity index (χ2n) is 6.94. The highest BCUT2D eigenvalue weighted by atomic mass is 32.2. The number of nitrogens with zero attached hydrogens (tertiary/aromatic N) is 2. The van der Waals surface area contributed by atoms with Gasteiger partial charge in [-0.2, -0.15) is 0 Å². The van der Waals surface area contributed by atoms with Gasteiger partial charge in [-0.3, -0.25) is 19.6 Å². The highest BCUT2D eigenvalue weighted by molar-refractivity contribution is 7.94. The lowest BCUT2D eigenvalue weighted by Gasteiger charge is -2.25. The van der Waals surface area contributed by atoms with Gasteiger partial charge >= 0.3 is 0 Å². The summed E-state index contributed by atoms with van der Waals surface area (Å²) in [5.74, 6) is -0.161. The number of rotatable bonds is 8. The second-order valence-corrected chi connectivity index (χ2v) is 9.80. The molecule has 1 aromatic heterocycles. The van der Waals surface area contributed by atoms with E-state index < -0.39 is 14.9 Å². The van der Waals surface area contributed by atoms with Crippen LogP contribution < -0.4 is 4.72 Å². The predicted molar refractivity (Wildman–Crippen MR) is 120 cm³/mol. The minimum Gasteiger partial charge on any atom is -0.339 e. The number of sulfonamides is 1. The van der Waals surface area contributed by atoms with Crippen LogP contribution in [0.5, 0.6) is 0 Å². The van der Waals surface area contributed by atoms with E-state index in [4.69, 9.17) is 0 Å². The number of thiophene rings is 1.